The van der Waals surface area contributed by atoms with Crippen molar-refractivity contribution in [2.45, 2.75) is 11.7 Å². The second-order valence-electron chi connectivity index (χ2n) is 2.46. The molecule has 0 aliphatic heterocycles. The molecule has 14 heavy (non-hydrogen) atoms. The molecule has 2 N–H and O–H groups in total. The number of aliphatic hydroxyl groups is 1. The molecule has 0 spiro atoms. The topological polar surface area (TPSA) is 57.5 Å². The number of hydrogen-bond acceptors (Lipinski definition) is 3. The maximum absolute atomic E-state index is 10.8. The van der Waals surface area contributed by atoms with Gasteiger partial charge >= 0.3 is 5.97 Å². The summed E-state index contributed by atoms with van der Waals surface area (Å²) < 4.78 is 36.0. The van der Waals surface area contributed by atoms with Crippen LogP contribution in [0, 0.1) is 6.85 Å². The first-order valence-corrected chi connectivity index (χ1v) is 4.72. The molecule has 0 amide bonds. The van der Waals surface area contributed by atoms with Gasteiger partial charge in [-0.05, 0) is 24.5 Å². The molecule has 3 nitrogen and oxygen atoms in total. The van der Waals surface area contributed by atoms with Gasteiger partial charge in [0.1, 0.15) is 0 Å². The van der Waals surface area contributed by atoms with Crippen molar-refractivity contribution < 1.29 is 21.9 Å². The third kappa shape index (κ3) is 2.75. The van der Waals surface area contributed by atoms with Gasteiger partial charge in [0.25, 0.3) is 0 Å². The molecule has 76 valence electrons. The fourth-order valence-corrected chi connectivity index (χ4v) is 1.54. The van der Waals surface area contributed by atoms with E-state index in [0.717, 1.165) is 11.8 Å². The molecule has 0 heterocycles. The van der Waals surface area contributed by atoms with Crippen LogP contribution in [0.2, 0.25) is 0 Å². The van der Waals surface area contributed by atoms with Gasteiger partial charge < -0.3 is 10.2 Å². The second kappa shape index (κ2) is 5.02. The van der Waals surface area contributed by atoms with Crippen molar-refractivity contribution in [2.24, 2.45) is 0 Å². The number of benzene rings is 1. The molecule has 0 unspecified atom stereocenters. The third-order valence-electron chi connectivity index (χ3n) is 1.52. The predicted octanol–water partition coefficient (Wildman–Crippen LogP) is 1.78. The molecule has 0 aliphatic carbocycles. The minimum absolute atomic E-state index is 0.0632. The SMILES string of the molecule is [2H]C([2H])(O)CSc1cc(C(=O)O)ccc1C([2H])([2H])[2H]. The van der Waals surface area contributed by atoms with E-state index in [2.05, 4.69) is 0 Å². The summed E-state index contributed by atoms with van der Waals surface area (Å²) in [4.78, 5) is 11.0. The van der Waals surface area contributed by atoms with Crippen LogP contribution < -0.4 is 0 Å². The Labute approximate surface area is 93.8 Å². The highest BCUT2D eigenvalue weighted by Crippen LogP contribution is 2.23. The first-order valence-electron chi connectivity index (χ1n) is 6.24. The van der Waals surface area contributed by atoms with Gasteiger partial charge in [-0.3, -0.25) is 0 Å². The molecule has 0 aliphatic rings. The van der Waals surface area contributed by atoms with Crippen LogP contribution in [0.5, 0.6) is 0 Å². The zero-order valence-electron chi connectivity index (χ0n) is 12.2. The zero-order chi connectivity index (χ0) is 14.8. The van der Waals surface area contributed by atoms with Crippen LogP contribution in [0.15, 0.2) is 23.1 Å². The van der Waals surface area contributed by atoms with E-state index in [1.807, 2.05) is 0 Å². The van der Waals surface area contributed by atoms with Gasteiger partial charge in [0.05, 0.1) is 14.9 Å². The van der Waals surface area contributed by atoms with Crippen LogP contribution in [-0.2, 0) is 0 Å². The normalized spacial score (nSPS) is 17.4. The highest BCUT2D eigenvalue weighted by Gasteiger charge is 2.05. The Kier molecular flexibility index (Phi) is 2.07. The number of aromatic carboxylic acids is 1. The summed E-state index contributed by atoms with van der Waals surface area (Å²) in [5.41, 5.74) is -0.152. The van der Waals surface area contributed by atoms with Crippen LogP contribution in [0.25, 0.3) is 0 Å². The first kappa shape index (κ1) is 5.78. The van der Waals surface area contributed by atoms with Crippen LogP contribution in [0.3, 0.4) is 0 Å². The van der Waals surface area contributed by atoms with Crippen molar-refractivity contribution in [3.63, 3.8) is 0 Å². The minimum Gasteiger partial charge on any atom is -0.478 e. The van der Waals surface area contributed by atoms with Gasteiger partial charge in [-0.1, -0.05) is 6.07 Å². The van der Waals surface area contributed by atoms with Gasteiger partial charge in [-0.25, -0.2) is 4.79 Å². The van der Waals surface area contributed by atoms with Crippen molar-refractivity contribution in [3.05, 3.63) is 29.3 Å². The molecule has 0 fully saturated rings. The highest BCUT2D eigenvalue weighted by atomic mass is 32.2. The Balaban J connectivity index is 3.15. The fraction of sp³-hybridized carbons (Fsp3) is 0.300. The van der Waals surface area contributed by atoms with Crippen LogP contribution in [-0.4, -0.2) is 28.5 Å². The number of rotatable bonds is 4. The lowest BCUT2D eigenvalue weighted by atomic mass is 10.1. The quantitative estimate of drug-likeness (QED) is 0.755. The lowest BCUT2D eigenvalue weighted by Gasteiger charge is -2.05. The Morgan fingerprint density at radius 3 is 3.07 bits per heavy atom. The van der Waals surface area contributed by atoms with Crippen LogP contribution >= 0.6 is 11.8 Å². The molecule has 0 aromatic heterocycles. The smallest absolute Gasteiger partial charge is 0.335 e. The summed E-state index contributed by atoms with van der Waals surface area (Å²) in [7, 11) is 0. The van der Waals surface area contributed by atoms with Gasteiger partial charge in [-0.2, -0.15) is 0 Å². The summed E-state index contributed by atoms with van der Waals surface area (Å²) in [6.45, 7) is -4.89. The number of aryl methyl sites for hydroxylation is 1. The van der Waals surface area contributed by atoms with Crippen molar-refractivity contribution in [3.8, 4) is 0 Å². The average molecular weight is 217 g/mol. The largest absolute Gasteiger partial charge is 0.478 e. The summed E-state index contributed by atoms with van der Waals surface area (Å²) >= 11 is 0.764. The molecular weight excluding hydrogens is 200 g/mol. The third-order valence-corrected chi connectivity index (χ3v) is 2.44. The molecule has 0 saturated heterocycles. The van der Waals surface area contributed by atoms with Crippen molar-refractivity contribution in [1.82, 2.24) is 0 Å². The molecule has 4 heteroatoms. The molecule has 1 aromatic carbocycles. The average Bonchev–Trinajstić information content (AvgIpc) is 2.23. The highest BCUT2D eigenvalue weighted by molar-refractivity contribution is 7.99. The molecule has 0 bridgehead atoms. The second-order valence-corrected chi connectivity index (χ2v) is 3.48. The Hall–Kier alpha value is -1.00. The Morgan fingerprint density at radius 1 is 1.71 bits per heavy atom. The molecule has 1 aromatic rings. The van der Waals surface area contributed by atoms with Gasteiger partial charge in [0, 0.05) is 14.8 Å². The first-order chi connectivity index (χ1) is 8.50. The molecule has 0 atom stereocenters. The van der Waals surface area contributed by atoms with Crippen LogP contribution in [0.1, 0.15) is 22.8 Å². The summed E-state index contributed by atoms with van der Waals surface area (Å²) in [5.74, 6) is -1.59. The Bertz CT molecular complexity index is 481. The molecule has 0 radical (unpaired) electrons. The number of hydrogen-bond donors (Lipinski definition) is 2. The summed E-state index contributed by atoms with van der Waals surface area (Å²) in [5, 5.41) is 17.9. The number of carboxylic acids is 1. The maximum Gasteiger partial charge on any atom is 0.335 e. The van der Waals surface area contributed by atoms with Crippen molar-refractivity contribution >= 4 is 17.7 Å². The number of thioether (sulfide) groups is 1. The van der Waals surface area contributed by atoms with E-state index in [-0.39, 0.29) is 21.8 Å². The fourth-order valence-electron chi connectivity index (χ4n) is 0.885. The monoisotopic (exact) mass is 217 g/mol. The van der Waals surface area contributed by atoms with E-state index in [1.165, 1.54) is 18.2 Å². The van der Waals surface area contributed by atoms with Crippen molar-refractivity contribution in [2.75, 3.05) is 12.3 Å². The van der Waals surface area contributed by atoms with Gasteiger partial charge in [0.15, 0.2) is 0 Å². The molecular formula is C10H12O3S. The van der Waals surface area contributed by atoms with Crippen LogP contribution in [0.4, 0.5) is 0 Å². The van der Waals surface area contributed by atoms with Gasteiger partial charge in [-0.15, -0.1) is 11.8 Å². The lowest BCUT2D eigenvalue weighted by molar-refractivity contribution is 0.0696. The molecule has 1 rings (SSSR count). The number of carboxylic acid groups (broad SMARTS) is 1. The van der Waals surface area contributed by atoms with E-state index in [1.54, 1.807) is 0 Å². The zero-order valence-corrected chi connectivity index (χ0v) is 7.97. The van der Waals surface area contributed by atoms with E-state index < -0.39 is 19.4 Å². The lowest BCUT2D eigenvalue weighted by Crippen LogP contribution is -1.97. The predicted molar refractivity (Wildman–Crippen MR) is 55.9 cm³/mol. The summed E-state index contributed by atoms with van der Waals surface area (Å²) in [6.07, 6.45) is 0. The standard InChI is InChI=1S/C10H12O3S/c1-7-2-3-8(10(12)13)6-9(7)14-5-4-11/h2-3,6,11H,4-5H2,1H3,(H,12,13)/i1D3,4D2. The minimum atomic E-state index is -2.46. The van der Waals surface area contributed by atoms with E-state index in [0.29, 0.717) is 0 Å². The van der Waals surface area contributed by atoms with E-state index in [9.17, 15) is 4.79 Å². The van der Waals surface area contributed by atoms with Gasteiger partial charge in [0.2, 0.25) is 0 Å². The van der Waals surface area contributed by atoms with Crippen molar-refractivity contribution in [1.29, 1.82) is 0 Å². The summed E-state index contributed by atoms with van der Waals surface area (Å²) in [6, 6.07) is 3.54. The van der Waals surface area contributed by atoms with E-state index >= 15 is 0 Å². The molecule has 0 saturated carbocycles. The van der Waals surface area contributed by atoms with E-state index in [4.69, 9.17) is 17.1 Å². The number of carbonyl (C=O) groups is 1. The maximum atomic E-state index is 10.8. The Morgan fingerprint density at radius 2 is 2.50 bits per heavy atom.